The van der Waals surface area contributed by atoms with Gasteiger partial charge in [-0.1, -0.05) is 11.5 Å². The summed E-state index contributed by atoms with van der Waals surface area (Å²) in [5, 5.41) is 0. The van der Waals surface area contributed by atoms with Crippen LogP contribution in [0.1, 0.15) is 26.7 Å². The van der Waals surface area contributed by atoms with Crippen molar-refractivity contribution in [2.75, 3.05) is 0 Å². The Morgan fingerprint density at radius 2 is 1.38 bits per heavy atom. The second kappa shape index (κ2) is 2.05. The minimum absolute atomic E-state index is 1.18. The molecule has 0 N–H and O–H groups in total. The van der Waals surface area contributed by atoms with Crippen LogP contribution >= 0.6 is 0 Å². The molecule has 0 saturated heterocycles. The Labute approximate surface area is 50.2 Å². The van der Waals surface area contributed by atoms with E-state index in [4.69, 9.17) is 0 Å². The van der Waals surface area contributed by atoms with E-state index < -0.39 is 0 Å². The molecule has 0 aromatic heterocycles. The molecule has 0 aromatic carbocycles. The SMILES string of the molecule is CC1=C=C=C(C)CC1. The van der Waals surface area contributed by atoms with E-state index in [0.717, 1.165) is 0 Å². The van der Waals surface area contributed by atoms with Gasteiger partial charge in [-0.25, -0.2) is 0 Å². The highest BCUT2D eigenvalue weighted by atomic mass is 14.0. The molecule has 0 amide bonds. The Bertz CT molecular complexity index is 162. The monoisotopic (exact) mass is 106 g/mol. The molecule has 0 unspecified atom stereocenters. The molecular formula is C8H10. The summed E-state index contributed by atoms with van der Waals surface area (Å²) < 4.78 is 0. The second-order valence-electron chi connectivity index (χ2n) is 2.31. The second-order valence-corrected chi connectivity index (χ2v) is 2.31. The van der Waals surface area contributed by atoms with Gasteiger partial charge in [0.05, 0.1) is 0 Å². The Hall–Kier alpha value is -0.700. The highest BCUT2D eigenvalue weighted by molar-refractivity contribution is 5.10. The van der Waals surface area contributed by atoms with Gasteiger partial charge in [-0.2, -0.15) is 0 Å². The van der Waals surface area contributed by atoms with Crippen molar-refractivity contribution in [3.8, 4) is 0 Å². The minimum atomic E-state index is 1.18. The van der Waals surface area contributed by atoms with Crippen molar-refractivity contribution in [2.24, 2.45) is 0 Å². The fraction of sp³-hybridized carbons (Fsp3) is 0.500. The zero-order valence-electron chi connectivity index (χ0n) is 5.41. The van der Waals surface area contributed by atoms with Crippen LogP contribution in [0.4, 0.5) is 0 Å². The van der Waals surface area contributed by atoms with Crippen molar-refractivity contribution in [1.29, 1.82) is 0 Å². The average molecular weight is 106 g/mol. The van der Waals surface area contributed by atoms with Gasteiger partial charge in [0.1, 0.15) is 0 Å². The molecule has 0 saturated carbocycles. The van der Waals surface area contributed by atoms with Gasteiger partial charge in [0.25, 0.3) is 0 Å². The third-order valence-electron chi connectivity index (χ3n) is 1.36. The van der Waals surface area contributed by atoms with Crippen LogP contribution in [0.25, 0.3) is 0 Å². The van der Waals surface area contributed by atoms with E-state index in [9.17, 15) is 0 Å². The van der Waals surface area contributed by atoms with Gasteiger partial charge in [0.15, 0.2) is 0 Å². The molecule has 42 valence electrons. The summed E-state index contributed by atoms with van der Waals surface area (Å²) in [6.45, 7) is 4.19. The number of hydrogen-bond donors (Lipinski definition) is 0. The summed E-state index contributed by atoms with van der Waals surface area (Å²) in [5.74, 6) is 0. The van der Waals surface area contributed by atoms with E-state index in [1.807, 2.05) is 0 Å². The van der Waals surface area contributed by atoms with Gasteiger partial charge in [-0.05, 0) is 37.8 Å². The van der Waals surface area contributed by atoms with Gasteiger partial charge < -0.3 is 0 Å². The van der Waals surface area contributed by atoms with Crippen LogP contribution in [-0.2, 0) is 0 Å². The first-order valence-electron chi connectivity index (χ1n) is 2.96. The zero-order chi connectivity index (χ0) is 5.98. The van der Waals surface area contributed by atoms with Gasteiger partial charge in [0, 0.05) is 0 Å². The largest absolute Gasteiger partial charge is 0.0715 e. The summed E-state index contributed by atoms with van der Waals surface area (Å²) in [7, 11) is 0. The molecule has 0 nitrogen and oxygen atoms in total. The van der Waals surface area contributed by atoms with E-state index in [1.165, 1.54) is 24.0 Å². The predicted octanol–water partition coefficient (Wildman–Crippen LogP) is 2.43. The van der Waals surface area contributed by atoms with Crippen LogP contribution in [0.5, 0.6) is 0 Å². The fourth-order valence-corrected chi connectivity index (χ4v) is 0.713. The predicted molar refractivity (Wildman–Crippen MR) is 34.6 cm³/mol. The Morgan fingerprint density at radius 1 is 1.00 bits per heavy atom. The maximum Gasteiger partial charge on any atom is -0.0197 e. The molecule has 0 heterocycles. The number of allylic oxidation sites excluding steroid dienone is 2. The van der Waals surface area contributed by atoms with Crippen LogP contribution in [0.15, 0.2) is 22.6 Å². The molecule has 0 aromatic rings. The first-order chi connectivity index (χ1) is 3.79. The number of rotatable bonds is 0. The van der Waals surface area contributed by atoms with E-state index in [0.29, 0.717) is 0 Å². The maximum absolute atomic E-state index is 3.06. The van der Waals surface area contributed by atoms with Crippen LogP contribution in [0, 0.1) is 0 Å². The smallest absolute Gasteiger partial charge is 0.0197 e. The number of hydrogen-bond acceptors (Lipinski definition) is 0. The van der Waals surface area contributed by atoms with E-state index in [2.05, 4.69) is 25.3 Å². The molecule has 0 heteroatoms. The lowest BCUT2D eigenvalue weighted by molar-refractivity contribution is 0.917. The summed E-state index contributed by atoms with van der Waals surface area (Å²) in [6, 6.07) is 0. The van der Waals surface area contributed by atoms with Gasteiger partial charge in [0.2, 0.25) is 0 Å². The lowest BCUT2D eigenvalue weighted by Crippen LogP contribution is -1.81. The molecule has 0 aliphatic heterocycles. The quantitative estimate of drug-likeness (QED) is 0.416. The molecule has 0 spiro atoms. The Balaban J connectivity index is 3.02. The molecule has 0 radical (unpaired) electrons. The van der Waals surface area contributed by atoms with E-state index in [1.54, 1.807) is 0 Å². The molecule has 0 bridgehead atoms. The molecule has 0 fully saturated rings. The normalized spacial score (nSPS) is 17.8. The van der Waals surface area contributed by atoms with Crippen LogP contribution in [0.2, 0.25) is 0 Å². The summed E-state index contributed by atoms with van der Waals surface area (Å²) >= 11 is 0. The highest BCUT2D eigenvalue weighted by Gasteiger charge is 1.93. The lowest BCUT2D eigenvalue weighted by Gasteiger charge is -1.98. The van der Waals surface area contributed by atoms with Crippen molar-refractivity contribution >= 4 is 0 Å². The zero-order valence-corrected chi connectivity index (χ0v) is 5.41. The molecule has 0 atom stereocenters. The van der Waals surface area contributed by atoms with Gasteiger partial charge in [-0.3, -0.25) is 0 Å². The van der Waals surface area contributed by atoms with E-state index in [-0.39, 0.29) is 0 Å². The van der Waals surface area contributed by atoms with Crippen LogP contribution in [-0.4, -0.2) is 0 Å². The third-order valence-corrected chi connectivity index (χ3v) is 1.36. The summed E-state index contributed by atoms with van der Waals surface area (Å²) in [4.78, 5) is 0. The molecule has 1 aliphatic rings. The van der Waals surface area contributed by atoms with E-state index >= 15 is 0 Å². The first-order valence-corrected chi connectivity index (χ1v) is 2.96. The summed E-state index contributed by atoms with van der Waals surface area (Å²) in [6.07, 6.45) is 2.36. The van der Waals surface area contributed by atoms with Crippen molar-refractivity contribution in [3.05, 3.63) is 22.6 Å². The molecule has 8 heavy (non-hydrogen) atoms. The minimum Gasteiger partial charge on any atom is -0.0715 e. The van der Waals surface area contributed by atoms with Gasteiger partial charge >= 0.3 is 0 Å². The van der Waals surface area contributed by atoms with Gasteiger partial charge in [-0.15, -0.1) is 0 Å². The topological polar surface area (TPSA) is 0 Å². The van der Waals surface area contributed by atoms with Crippen LogP contribution in [0.3, 0.4) is 0 Å². The standard InChI is InChI=1S/C8H10/c1-7-3-5-8(2)6-4-7/h3,5H2,1-2H3. The first kappa shape index (κ1) is 5.44. The Morgan fingerprint density at radius 3 is 1.62 bits per heavy atom. The molecule has 1 rings (SSSR count). The third kappa shape index (κ3) is 1.13. The van der Waals surface area contributed by atoms with Crippen molar-refractivity contribution < 1.29 is 0 Å². The van der Waals surface area contributed by atoms with Crippen molar-refractivity contribution in [1.82, 2.24) is 0 Å². The molecule has 1 aliphatic carbocycles. The average Bonchev–Trinajstić information content (AvgIpc) is 1.77. The molecular weight excluding hydrogens is 96.1 g/mol. The highest BCUT2D eigenvalue weighted by Crippen LogP contribution is 2.11. The maximum atomic E-state index is 3.06. The Kier molecular flexibility index (Phi) is 1.39. The van der Waals surface area contributed by atoms with Crippen molar-refractivity contribution in [2.45, 2.75) is 26.7 Å². The van der Waals surface area contributed by atoms with Crippen LogP contribution < -0.4 is 0 Å². The van der Waals surface area contributed by atoms with Crippen molar-refractivity contribution in [3.63, 3.8) is 0 Å². The lowest BCUT2D eigenvalue weighted by atomic mass is 10.1. The summed E-state index contributed by atoms with van der Waals surface area (Å²) in [5.41, 5.74) is 8.78. The fourth-order valence-electron chi connectivity index (χ4n) is 0.713.